The second-order valence-electron chi connectivity index (χ2n) is 17.8. The highest BCUT2D eigenvalue weighted by Crippen LogP contribution is 2.55. The van der Waals surface area contributed by atoms with E-state index < -0.39 is 0 Å². The molecule has 282 valence electrons. The number of aromatic nitrogens is 2. The number of hydrogen-bond acceptors (Lipinski definition) is 4. The zero-order valence-corrected chi connectivity index (χ0v) is 33.3. The lowest BCUT2D eigenvalue weighted by molar-refractivity contribution is 0.417. The van der Waals surface area contributed by atoms with E-state index in [1.165, 1.54) is 72.7 Å². The number of hydrogen-bond donors (Lipinski definition) is 5. The van der Waals surface area contributed by atoms with Crippen LogP contribution in [0.3, 0.4) is 0 Å². The Kier molecular flexibility index (Phi) is 7.77. The Morgan fingerprint density at radius 3 is 1.98 bits per heavy atom. The second kappa shape index (κ2) is 12.6. The molecule has 2 aromatic heterocycles. The fourth-order valence-electron chi connectivity index (χ4n) is 10.7. The molecule has 0 saturated carbocycles. The first kappa shape index (κ1) is 34.6. The van der Waals surface area contributed by atoms with Gasteiger partial charge in [-0.15, -0.1) is 0 Å². The predicted molar refractivity (Wildman–Crippen MR) is 233 cm³/mol. The van der Waals surface area contributed by atoms with Gasteiger partial charge in [0.1, 0.15) is 0 Å². The summed E-state index contributed by atoms with van der Waals surface area (Å²) in [5, 5.41) is 12.4. The van der Waals surface area contributed by atoms with Gasteiger partial charge in [0.05, 0.1) is 18.1 Å². The molecule has 3 aliphatic rings. The molecule has 0 fully saturated rings. The van der Waals surface area contributed by atoms with Gasteiger partial charge in [-0.1, -0.05) is 113 Å². The van der Waals surface area contributed by atoms with Crippen molar-refractivity contribution in [1.29, 1.82) is 0 Å². The van der Waals surface area contributed by atoms with Crippen LogP contribution in [0, 0.1) is 0 Å². The monoisotopic (exact) mass is 736 g/mol. The van der Waals surface area contributed by atoms with Gasteiger partial charge < -0.3 is 30.8 Å². The van der Waals surface area contributed by atoms with E-state index in [-0.39, 0.29) is 34.4 Å². The molecule has 0 amide bonds. The fourth-order valence-corrected chi connectivity index (χ4v) is 10.7. The summed E-state index contributed by atoms with van der Waals surface area (Å²) >= 11 is 0. The molecule has 0 aliphatic carbocycles. The standard InChI is InChI=1S/C50H52N6/c1-48(2)36-13-7-10-16-39(36)54-45(48)41-25-26-42(53-41)46-50(5,37-14-8-11-17-40(37)55-46)28-32-21-24-34-35(29-52-43(34)27-32)47-49(3,4)38-15-9-12-18-44(38)56(47)30-31-19-22-33(51-6)23-20-31/h7-27,29,45-47,51-55H,28,30H2,1-6H3. The van der Waals surface area contributed by atoms with Crippen LogP contribution in [-0.2, 0) is 29.2 Å². The largest absolute Gasteiger partial charge is 0.388 e. The first-order chi connectivity index (χ1) is 27.1. The average Bonchev–Trinajstić information content (AvgIpc) is 4.01. The van der Waals surface area contributed by atoms with E-state index in [2.05, 4.69) is 199 Å². The number of nitrogens with one attached hydrogen (secondary N) is 5. The predicted octanol–water partition coefficient (Wildman–Crippen LogP) is 11.7. The minimum Gasteiger partial charge on any atom is -0.388 e. The van der Waals surface area contributed by atoms with Crippen molar-refractivity contribution in [3.05, 3.63) is 178 Å². The van der Waals surface area contributed by atoms with Gasteiger partial charge in [-0.2, -0.15) is 0 Å². The smallest absolute Gasteiger partial charge is 0.0760 e. The van der Waals surface area contributed by atoms with Crippen LogP contribution in [0.25, 0.3) is 10.9 Å². The van der Waals surface area contributed by atoms with Crippen LogP contribution in [-0.4, -0.2) is 17.0 Å². The highest BCUT2D eigenvalue weighted by atomic mass is 15.2. The molecule has 5 heterocycles. The zero-order valence-electron chi connectivity index (χ0n) is 33.3. The molecule has 0 radical (unpaired) electrons. The number of nitrogens with zero attached hydrogens (tertiary/aromatic N) is 1. The van der Waals surface area contributed by atoms with Gasteiger partial charge in [0.25, 0.3) is 0 Å². The molecule has 0 bridgehead atoms. The Morgan fingerprint density at radius 1 is 0.625 bits per heavy atom. The summed E-state index contributed by atoms with van der Waals surface area (Å²) in [6.45, 7) is 12.8. The van der Waals surface area contributed by atoms with E-state index in [4.69, 9.17) is 0 Å². The molecule has 10 rings (SSSR count). The summed E-state index contributed by atoms with van der Waals surface area (Å²) in [4.78, 5) is 10.3. The third kappa shape index (κ3) is 5.22. The van der Waals surface area contributed by atoms with Crippen LogP contribution in [0.2, 0.25) is 0 Å². The number of H-pyrrole nitrogens is 2. The van der Waals surface area contributed by atoms with Crippen LogP contribution in [0.15, 0.2) is 134 Å². The van der Waals surface area contributed by atoms with Gasteiger partial charge >= 0.3 is 0 Å². The first-order valence-corrected chi connectivity index (χ1v) is 20.2. The molecule has 4 unspecified atom stereocenters. The van der Waals surface area contributed by atoms with Crippen LogP contribution < -0.4 is 20.9 Å². The van der Waals surface area contributed by atoms with E-state index in [0.717, 1.165) is 18.7 Å². The minimum absolute atomic E-state index is 0.0378. The summed E-state index contributed by atoms with van der Waals surface area (Å²) < 4.78 is 0. The molecule has 5 aromatic carbocycles. The molecule has 56 heavy (non-hydrogen) atoms. The van der Waals surface area contributed by atoms with Gasteiger partial charge in [0.2, 0.25) is 0 Å². The lowest BCUT2D eigenvalue weighted by Gasteiger charge is -2.35. The molecule has 0 saturated heterocycles. The summed E-state index contributed by atoms with van der Waals surface area (Å²) in [6, 6.07) is 47.6. The van der Waals surface area contributed by atoms with E-state index in [0.29, 0.717) is 0 Å². The lowest BCUT2D eigenvalue weighted by atomic mass is 9.73. The maximum atomic E-state index is 3.96. The topological polar surface area (TPSA) is 70.9 Å². The zero-order chi connectivity index (χ0) is 38.4. The molecule has 0 spiro atoms. The van der Waals surface area contributed by atoms with Gasteiger partial charge in [0, 0.05) is 86.6 Å². The van der Waals surface area contributed by atoms with Crippen molar-refractivity contribution in [2.75, 3.05) is 27.9 Å². The van der Waals surface area contributed by atoms with Gasteiger partial charge in [-0.05, 0) is 82.8 Å². The normalized spacial score (nSPS) is 22.7. The van der Waals surface area contributed by atoms with Crippen LogP contribution in [0.4, 0.5) is 22.7 Å². The Bertz CT molecular complexity index is 2590. The van der Waals surface area contributed by atoms with Gasteiger partial charge in [-0.3, -0.25) is 0 Å². The second-order valence-corrected chi connectivity index (χ2v) is 17.8. The number of para-hydroxylation sites is 3. The molecule has 7 aromatic rings. The summed E-state index contributed by atoms with van der Waals surface area (Å²) in [5.41, 5.74) is 16.3. The van der Waals surface area contributed by atoms with Crippen molar-refractivity contribution in [2.45, 2.75) is 82.0 Å². The number of anilines is 4. The third-order valence-corrected chi connectivity index (χ3v) is 13.6. The van der Waals surface area contributed by atoms with E-state index in [9.17, 15) is 0 Å². The van der Waals surface area contributed by atoms with Crippen molar-refractivity contribution < 1.29 is 0 Å². The maximum absolute atomic E-state index is 3.96. The van der Waals surface area contributed by atoms with E-state index >= 15 is 0 Å². The molecule has 6 heteroatoms. The Balaban J connectivity index is 0.978. The lowest BCUT2D eigenvalue weighted by Crippen LogP contribution is -2.33. The highest BCUT2D eigenvalue weighted by Gasteiger charge is 2.48. The number of fused-ring (bicyclic) bond motifs is 4. The molecule has 5 N–H and O–H groups in total. The Labute approximate surface area is 330 Å². The summed E-state index contributed by atoms with van der Waals surface area (Å²) in [7, 11) is 1.97. The van der Waals surface area contributed by atoms with Crippen molar-refractivity contribution in [3.8, 4) is 0 Å². The molecule has 3 aliphatic heterocycles. The molecule has 6 nitrogen and oxygen atoms in total. The van der Waals surface area contributed by atoms with Crippen molar-refractivity contribution >= 4 is 33.7 Å². The summed E-state index contributed by atoms with van der Waals surface area (Å²) in [5.74, 6) is 0. The third-order valence-electron chi connectivity index (χ3n) is 13.6. The number of aromatic amines is 2. The SMILES string of the molecule is CNc1ccc(CN2c3ccccc3C(C)(C)C2c2c[nH]c3cc(CC4(C)c5ccccc5NC4c4ccc(C5Nc6ccccc6C5(C)C)[nH]4)ccc23)cc1. The van der Waals surface area contributed by atoms with Crippen LogP contribution in [0.1, 0.15) is 97.5 Å². The van der Waals surface area contributed by atoms with E-state index in [1.807, 2.05) is 7.05 Å². The fraction of sp³-hybridized carbons (Fsp3) is 0.280. The Morgan fingerprint density at radius 2 is 1.25 bits per heavy atom. The average molecular weight is 737 g/mol. The quantitative estimate of drug-likeness (QED) is 0.108. The number of benzene rings is 5. The van der Waals surface area contributed by atoms with Crippen molar-refractivity contribution in [1.82, 2.24) is 9.97 Å². The maximum Gasteiger partial charge on any atom is 0.0760 e. The first-order valence-electron chi connectivity index (χ1n) is 20.2. The molecular weight excluding hydrogens is 685 g/mol. The van der Waals surface area contributed by atoms with E-state index in [1.54, 1.807) is 0 Å². The van der Waals surface area contributed by atoms with Crippen LogP contribution in [0.5, 0.6) is 0 Å². The molecule has 4 atom stereocenters. The van der Waals surface area contributed by atoms with Crippen LogP contribution >= 0.6 is 0 Å². The Hall–Kier alpha value is -5.88. The molecular formula is C50H52N6. The summed E-state index contributed by atoms with van der Waals surface area (Å²) in [6.07, 6.45) is 3.17. The minimum atomic E-state index is -0.182. The number of rotatable bonds is 8. The van der Waals surface area contributed by atoms with Gasteiger partial charge in [-0.25, -0.2) is 0 Å². The van der Waals surface area contributed by atoms with Crippen molar-refractivity contribution in [3.63, 3.8) is 0 Å². The van der Waals surface area contributed by atoms with Gasteiger partial charge in [0.15, 0.2) is 0 Å². The highest BCUT2D eigenvalue weighted by molar-refractivity contribution is 5.86. The van der Waals surface area contributed by atoms with Crippen molar-refractivity contribution in [2.24, 2.45) is 0 Å².